The number of carbonyl (C=O) groups is 1. The first-order valence-corrected chi connectivity index (χ1v) is 6.55. The molecule has 0 spiro atoms. The molecule has 0 aliphatic carbocycles. The topological polar surface area (TPSA) is 32.3 Å². The number of likely N-dealkylation sites (N-methyl/N-ethyl adjacent to an activating group) is 1. The minimum Gasteiger partial charge on any atom is -0.341 e. The van der Waals surface area contributed by atoms with Crippen molar-refractivity contribution in [3.8, 4) is 0 Å². The van der Waals surface area contributed by atoms with Crippen LogP contribution in [0.25, 0.3) is 0 Å². The molecule has 1 rings (SSSR count). The summed E-state index contributed by atoms with van der Waals surface area (Å²) in [7, 11) is 0. The van der Waals surface area contributed by atoms with E-state index < -0.39 is 5.54 Å². The quantitative estimate of drug-likeness (QED) is 0.778. The molecule has 1 aliphatic rings. The third-order valence-electron chi connectivity index (χ3n) is 3.42. The average molecular weight is 226 g/mol. The summed E-state index contributed by atoms with van der Waals surface area (Å²) in [5, 5.41) is 3.25. The van der Waals surface area contributed by atoms with E-state index >= 15 is 0 Å². The molecule has 1 amide bonds. The van der Waals surface area contributed by atoms with Gasteiger partial charge in [-0.3, -0.25) is 4.79 Å². The minimum absolute atomic E-state index is 0.257. The molecule has 0 aromatic rings. The Bertz CT molecular complexity index is 238. The van der Waals surface area contributed by atoms with E-state index in [1.54, 1.807) is 0 Å². The van der Waals surface area contributed by atoms with Gasteiger partial charge in [-0.2, -0.15) is 0 Å². The van der Waals surface area contributed by atoms with Crippen LogP contribution in [0, 0.1) is 5.92 Å². The molecule has 0 saturated carbocycles. The van der Waals surface area contributed by atoms with Gasteiger partial charge in [-0.25, -0.2) is 0 Å². The van der Waals surface area contributed by atoms with Crippen LogP contribution in [0.5, 0.6) is 0 Å². The fraction of sp³-hybridized carbons (Fsp3) is 0.923. The largest absolute Gasteiger partial charge is 0.341 e. The summed E-state index contributed by atoms with van der Waals surface area (Å²) in [5.74, 6) is 0.985. The van der Waals surface area contributed by atoms with E-state index in [-0.39, 0.29) is 5.91 Å². The van der Waals surface area contributed by atoms with E-state index in [1.807, 2.05) is 25.7 Å². The summed E-state index contributed by atoms with van der Waals surface area (Å²) in [4.78, 5) is 14.3. The van der Waals surface area contributed by atoms with Crippen LogP contribution in [-0.2, 0) is 4.79 Å². The van der Waals surface area contributed by atoms with Gasteiger partial charge in [0, 0.05) is 13.1 Å². The number of likely N-dealkylation sites (tertiary alicyclic amines) is 1. The smallest absolute Gasteiger partial charge is 0.242 e. The van der Waals surface area contributed by atoms with Gasteiger partial charge in [0.05, 0.1) is 5.54 Å². The second kappa shape index (κ2) is 5.67. The molecule has 1 atom stereocenters. The summed E-state index contributed by atoms with van der Waals surface area (Å²) < 4.78 is 0. The van der Waals surface area contributed by atoms with E-state index in [1.165, 1.54) is 19.3 Å². The van der Waals surface area contributed by atoms with Gasteiger partial charge in [0.15, 0.2) is 0 Å². The number of amides is 1. The number of nitrogens with one attached hydrogen (secondary N) is 1. The maximum atomic E-state index is 12.3. The van der Waals surface area contributed by atoms with Gasteiger partial charge in [-0.1, -0.05) is 20.3 Å². The van der Waals surface area contributed by atoms with Crippen molar-refractivity contribution in [3.05, 3.63) is 0 Å². The Hall–Kier alpha value is -0.570. The van der Waals surface area contributed by atoms with Crippen LogP contribution in [0.3, 0.4) is 0 Å². The van der Waals surface area contributed by atoms with Crippen molar-refractivity contribution in [3.63, 3.8) is 0 Å². The molecule has 1 N–H and O–H groups in total. The van der Waals surface area contributed by atoms with E-state index in [0.29, 0.717) is 0 Å². The lowest BCUT2D eigenvalue weighted by atomic mass is 10.0. The molecule has 0 bridgehead atoms. The number of carbonyl (C=O) groups excluding carboxylic acids is 1. The van der Waals surface area contributed by atoms with E-state index in [9.17, 15) is 4.79 Å². The number of rotatable bonds is 5. The molecule has 0 aromatic carbocycles. The highest BCUT2D eigenvalue weighted by molar-refractivity contribution is 5.85. The summed E-state index contributed by atoms with van der Waals surface area (Å²) in [5.41, 5.74) is -0.407. The van der Waals surface area contributed by atoms with Crippen molar-refractivity contribution >= 4 is 5.91 Å². The van der Waals surface area contributed by atoms with Crippen LogP contribution in [0.1, 0.15) is 47.0 Å². The second-order valence-corrected chi connectivity index (χ2v) is 5.35. The van der Waals surface area contributed by atoms with Crippen molar-refractivity contribution < 1.29 is 4.79 Å². The molecule has 3 nitrogen and oxygen atoms in total. The summed E-state index contributed by atoms with van der Waals surface area (Å²) in [6.45, 7) is 11.0. The predicted molar refractivity (Wildman–Crippen MR) is 67.4 cm³/mol. The summed E-state index contributed by atoms with van der Waals surface area (Å²) >= 11 is 0. The Morgan fingerprint density at radius 3 is 2.69 bits per heavy atom. The zero-order chi connectivity index (χ0) is 12.2. The normalized spacial score (nSPS) is 21.5. The molecule has 1 aliphatic heterocycles. The molecular formula is C13H26N2O. The molecule has 0 radical (unpaired) electrons. The van der Waals surface area contributed by atoms with Gasteiger partial charge >= 0.3 is 0 Å². The highest BCUT2D eigenvalue weighted by Crippen LogP contribution is 2.23. The fourth-order valence-corrected chi connectivity index (χ4v) is 2.57. The summed E-state index contributed by atoms with van der Waals surface area (Å²) in [6.07, 6.45) is 3.66. The number of hydrogen-bond donors (Lipinski definition) is 1. The van der Waals surface area contributed by atoms with Crippen molar-refractivity contribution in [2.75, 3.05) is 19.6 Å². The van der Waals surface area contributed by atoms with Crippen LogP contribution in [-0.4, -0.2) is 36.0 Å². The Balaban J connectivity index is 2.50. The molecule has 94 valence electrons. The lowest BCUT2D eigenvalue weighted by molar-refractivity contribution is -0.136. The first-order chi connectivity index (χ1) is 7.51. The van der Waals surface area contributed by atoms with Crippen LogP contribution >= 0.6 is 0 Å². The van der Waals surface area contributed by atoms with Crippen LogP contribution in [0.2, 0.25) is 0 Å². The van der Waals surface area contributed by atoms with Crippen LogP contribution < -0.4 is 5.32 Å². The Labute approximate surface area is 99.6 Å². The van der Waals surface area contributed by atoms with Crippen LogP contribution in [0.15, 0.2) is 0 Å². The lowest BCUT2D eigenvalue weighted by Gasteiger charge is -2.30. The van der Waals surface area contributed by atoms with Gasteiger partial charge in [-0.05, 0) is 39.2 Å². The highest BCUT2D eigenvalue weighted by Gasteiger charge is 2.34. The first kappa shape index (κ1) is 13.5. The maximum Gasteiger partial charge on any atom is 0.242 e. The van der Waals surface area contributed by atoms with E-state index in [0.717, 1.165) is 25.6 Å². The minimum atomic E-state index is -0.407. The molecule has 3 heteroatoms. The highest BCUT2D eigenvalue weighted by atomic mass is 16.2. The van der Waals surface area contributed by atoms with Gasteiger partial charge in [0.25, 0.3) is 0 Å². The SMILES string of the molecule is CCCC1CCN(C(=O)C(C)(C)NCC)C1. The molecule has 16 heavy (non-hydrogen) atoms. The molecule has 1 fully saturated rings. The maximum absolute atomic E-state index is 12.3. The number of nitrogens with zero attached hydrogens (tertiary/aromatic N) is 1. The predicted octanol–water partition coefficient (Wildman–Crippen LogP) is 2.02. The summed E-state index contributed by atoms with van der Waals surface area (Å²) in [6, 6.07) is 0. The Morgan fingerprint density at radius 1 is 1.44 bits per heavy atom. The first-order valence-electron chi connectivity index (χ1n) is 6.55. The van der Waals surface area contributed by atoms with E-state index in [4.69, 9.17) is 0 Å². The van der Waals surface area contributed by atoms with Crippen molar-refractivity contribution in [1.82, 2.24) is 10.2 Å². The van der Waals surface area contributed by atoms with Crippen molar-refractivity contribution in [2.24, 2.45) is 5.92 Å². The Kier molecular flexibility index (Phi) is 4.78. The number of hydrogen-bond acceptors (Lipinski definition) is 2. The molecule has 1 heterocycles. The standard InChI is InChI=1S/C13H26N2O/c1-5-7-11-8-9-15(10-11)12(16)13(3,4)14-6-2/h11,14H,5-10H2,1-4H3. The van der Waals surface area contributed by atoms with Crippen molar-refractivity contribution in [2.45, 2.75) is 52.5 Å². The van der Waals surface area contributed by atoms with Gasteiger partial charge < -0.3 is 10.2 Å². The third kappa shape index (κ3) is 3.21. The van der Waals surface area contributed by atoms with E-state index in [2.05, 4.69) is 12.2 Å². The monoisotopic (exact) mass is 226 g/mol. The van der Waals surface area contributed by atoms with Gasteiger partial charge in [0.1, 0.15) is 0 Å². The zero-order valence-electron chi connectivity index (χ0n) is 11.2. The van der Waals surface area contributed by atoms with Crippen LogP contribution in [0.4, 0.5) is 0 Å². The molecule has 1 saturated heterocycles. The zero-order valence-corrected chi connectivity index (χ0v) is 11.2. The average Bonchev–Trinajstić information content (AvgIpc) is 2.65. The third-order valence-corrected chi connectivity index (χ3v) is 3.42. The van der Waals surface area contributed by atoms with Gasteiger partial charge in [0.2, 0.25) is 5.91 Å². The van der Waals surface area contributed by atoms with Crippen molar-refractivity contribution in [1.29, 1.82) is 0 Å². The Morgan fingerprint density at radius 2 is 2.12 bits per heavy atom. The van der Waals surface area contributed by atoms with Gasteiger partial charge in [-0.15, -0.1) is 0 Å². The molecule has 1 unspecified atom stereocenters. The molecule has 0 aromatic heterocycles. The fourth-order valence-electron chi connectivity index (χ4n) is 2.57. The lowest BCUT2D eigenvalue weighted by Crippen LogP contribution is -2.53. The second-order valence-electron chi connectivity index (χ2n) is 5.35. The molecular weight excluding hydrogens is 200 g/mol.